The van der Waals surface area contributed by atoms with Crippen molar-refractivity contribution in [2.75, 3.05) is 13.6 Å². The van der Waals surface area contributed by atoms with E-state index in [4.69, 9.17) is 4.74 Å². The lowest BCUT2D eigenvalue weighted by Crippen LogP contribution is -2.73. The van der Waals surface area contributed by atoms with E-state index in [1.165, 1.54) is 5.56 Å². The summed E-state index contributed by atoms with van der Waals surface area (Å²) in [6.07, 6.45) is 6.02. The van der Waals surface area contributed by atoms with E-state index < -0.39 is 11.2 Å². The third-order valence-corrected chi connectivity index (χ3v) is 7.26. The lowest BCUT2D eigenvalue weighted by atomic mass is 9.47. The topological polar surface area (TPSA) is 52.9 Å². The summed E-state index contributed by atoms with van der Waals surface area (Å²) < 4.78 is 6.38. The van der Waals surface area contributed by atoms with Crippen LogP contribution in [0.25, 0.3) is 0 Å². The van der Waals surface area contributed by atoms with Gasteiger partial charge in [0, 0.05) is 17.5 Å². The molecule has 0 aromatic heterocycles. The number of benzene rings is 1. The molecule has 2 aliphatic carbocycles. The molecular formula is C19H23NO3. The third kappa shape index (κ3) is 1.26. The van der Waals surface area contributed by atoms with Gasteiger partial charge in [-0.25, -0.2) is 0 Å². The first-order valence-electron chi connectivity index (χ1n) is 8.48. The van der Waals surface area contributed by atoms with Crippen LogP contribution in [0.4, 0.5) is 0 Å². The van der Waals surface area contributed by atoms with Crippen LogP contribution in [0.1, 0.15) is 31.4 Å². The second kappa shape index (κ2) is 3.76. The van der Waals surface area contributed by atoms with Crippen LogP contribution in [0.5, 0.6) is 11.5 Å². The van der Waals surface area contributed by atoms with Gasteiger partial charge in [0.05, 0.1) is 5.41 Å². The Morgan fingerprint density at radius 2 is 2.09 bits per heavy atom. The average molecular weight is 313 g/mol. The molecule has 4 nitrogen and oxygen atoms in total. The summed E-state index contributed by atoms with van der Waals surface area (Å²) in [6.45, 7) is 4.85. The van der Waals surface area contributed by atoms with Crippen molar-refractivity contribution in [1.82, 2.24) is 4.90 Å². The predicted molar refractivity (Wildman–Crippen MR) is 86.8 cm³/mol. The van der Waals surface area contributed by atoms with Crippen LogP contribution >= 0.6 is 0 Å². The number of aliphatic hydroxyl groups is 1. The molecule has 1 fully saturated rings. The second-order valence-electron chi connectivity index (χ2n) is 8.09. The number of rotatable bonds is 0. The third-order valence-electron chi connectivity index (χ3n) is 7.26. The molecule has 2 aliphatic heterocycles. The molecule has 1 spiro atoms. The highest BCUT2D eigenvalue weighted by Gasteiger charge is 2.73. The minimum absolute atomic E-state index is 0.195. The summed E-state index contributed by atoms with van der Waals surface area (Å²) in [6, 6.07) is 4.20. The zero-order valence-electron chi connectivity index (χ0n) is 13.8. The van der Waals surface area contributed by atoms with Crippen molar-refractivity contribution < 1.29 is 14.9 Å². The number of ether oxygens (including phenoxy) is 1. The van der Waals surface area contributed by atoms with Crippen LogP contribution in [0, 0.1) is 5.92 Å². The Labute approximate surface area is 136 Å². The smallest absolute Gasteiger partial charge is 0.166 e. The summed E-state index contributed by atoms with van der Waals surface area (Å²) in [4.78, 5) is 2.44. The SMILES string of the molecule is CN1CC[C@]23c4c5ccc(O)c4O[C@@]2(C)[C@@](C)(O)C=C[C@H]3[C@H]1C5. The summed E-state index contributed by atoms with van der Waals surface area (Å²) in [5.74, 6) is 1.10. The molecule has 1 saturated heterocycles. The fraction of sp³-hybridized carbons (Fsp3) is 0.579. The molecule has 1 aromatic rings. The number of likely N-dealkylation sites (tertiary alicyclic amines) is 1. The van der Waals surface area contributed by atoms with E-state index in [-0.39, 0.29) is 11.2 Å². The number of hydrogen-bond acceptors (Lipinski definition) is 4. The number of aromatic hydroxyl groups is 1. The van der Waals surface area contributed by atoms with E-state index >= 15 is 0 Å². The molecule has 2 N–H and O–H groups in total. The number of piperidine rings is 1. The fourth-order valence-electron chi connectivity index (χ4n) is 5.85. The van der Waals surface area contributed by atoms with Crippen molar-refractivity contribution in [2.45, 2.75) is 49.3 Å². The molecule has 1 aromatic carbocycles. The van der Waals surface area contributed by atoms with Crippen LogP contribution in [-0.2, 0) is 11.8 Å². The minimum atomic E-state index is -1.07. The summed E-state index contributed by atoms with van der Waals surface area (Å²) in [5.41, 5.74) is 0.336. The van der Waals surface area contributed by atoms with Gasteiger partial charge in [0.2, 0.25) is 0 Å². The Kier molecular flexibility index (Phi) is 2.27. The Bertz CT molecular complexity index is 755. The van der Waals surface area contributed by atoms with Gasteiger partial charge in [-0.3, -0.25) is 0 Å². The van der Waals surface area contributed by atoms with Crippen molar-refractivity contribution in [3.05, 3.63) is 35.4 Å². The molecule has 5 rings (SSSR count). The number of phenols is 1. The first kappa shape index (κ1) is 13.9. The summed E-state index contributed by atoms with van der Waals surface area (Å²) in [7, 11) is 2.19. The Morgan fingerprint density at radius 3 is 2.87 bits per heavy atom. The summed E-state index contributed by atoms with van der Waals surface area (Å²) in [5, 5.41) is 21.6. The average Bonchev–Trinajstić information content (AvgIpc) is 2.78. The van der Waals surface area contributed by atoms with Crippen LogP contribution in [0.3, 0.4) is 0 Å². The molecule has 122 valence electrons. The maximum Gasteiger partial charge on any atom is 0.166 e. The highest BCUT2D eigenvalue weighted by atomic mass is 16.5. The van der Waals surface area contributed by atoms with Crippen LogP contribution in [0.15, 0.2) is 24.3 Å². The Balaban J connectivity index is 1.90. The molecule has 23 heavy (non-hydrogen) atoms. The maximum absolute atomic E-state index is 11.2. The quantitative estimate of drug-likeness (QED) is 0.719. The fourth-order valence-corrected chi connectivity index (χ4v) is 5.85. The van der Waals surface area contributed by atoms with Crippen molar-refractivity contribution >= 4 is 0 Å². The van der Waals surface area contributed by atoms with Crippen molar-refractivity contribution in [2.24, 2.45) is 5.92 Å². The largest absolute Gasteiger partial charge is 0.504 e. The first-order chi connectivity index (χ1) is 10.8. The molecule has 5 atom stereocenters. The van der Waals surface area contributed by atoms with Crippen LogP contribution in [0.2, 0.25) is 0 Å². The molecular weight excluding hydrogens is 290 g/mol. The lowest BCUT2D eigenvalue weighted by molar-refractivity contribution is -0.154. The molecule has 2 bridgehead atoms. The first-order valence-corrected chi connectivity index (χ1v) is 8.48. The van der Waals surface area contributed by atoms with Gasteiger partial charge in [-0.15, -0.1) is 0 Å². The lowest BCUT2D eigenvalue weighted by Gasteiger charge is -2.62. The maximum atomic E-state index is 11.2. The van der Waals surface area contributed by atoms with E-state index in [0.29, 0.717) is 17.7 Å². The highest BCUT2D eigenvalue weighted by Crippen LogP contribution is 2.67. The van der Waals surface area contributed by atoms with E-state index in [1.807, 2.05) is 26.0 Å². The standard InChI is InChI=1S/C19H23NO3/c1-17(22)7-6-12-13-10-11-4-5-14(21)16-15(11)19(12,8-9-20(13)3)18(17,2)23-16/h4-7,12-13,21-22H,8-10H2,1-3H3/t12-,13+,17-,18-,19-/m0/s1. The number of phenolic OH excluding ortho intramolecular Hbond substituents is 1. The van der Waals surface area contributed by atoms with E-state index in [0.717, 1.165) is 24.9 Å². The van der Waals surface area contributed by atoms with Gasteiger partial charge in [-0.2, -0.15) is 0 Å². The van der Waals surface area contributed by atoms with Crippen LogP contribution in [-0.4, -0.2) is 45.9 Å². The molecule has 4 aliphatic rings. The van der Waals surface area contributed by atoms with E-state index in [1.54, 1.807) is 6.07 Å². The van der Waals surface area contributed by atoms with Gasteiger partial charge in [-0.1, -0.05) is 18.2 Å². The zero-order chi connectivity index (χ0) is 16.2. The van der Waals surface area contributed by atoms with Gasteiger partial charge < -0.3 is 19.8 Å². The number of hydrogen-bond donors (Lipinski definition) is 2. The predicted octanol–water partition coefficient (Wildman–Crippen LogP) is 1.98. The van der Waals surface area contributed by atoms with Crippen molar-refractivity contribution in [3.8, 4) is 11.5 Å². The molecule has 0 unspecified atom stereocenters. The Morgan fingerprint density at radius 1 is 1.30 bits per heavy atom. The molecule has 0 amide bonds. The molecule has 0 radical (unpaired) electrons. The molecule has 4 heteroatoms. The highest BCUT2D eigenvalue weighted by molar-refractivity contribution is 5.63. The monoisotopic (exact) mass is 313 g/mol. The van der Waals surface area contributed by atoms with Crippen LogP contribution < -0.4 is 4.74 Å². The Hall–Kier alpha value is -1.52. The van der Waals surface area contributed by atoms with Crippen molar-refractivity contribution in [3.63, 3.8) is 0 Å². The van der Waals surface area contributed by atoms with Gasteiger partial charge in [0.1, 0.15) is 11.2 Å². The van der Waals surface area contributed by atoms with E-state index in [9.17, 15) is 10.2 Å². The summed E-state index contributed by atoms with van der Waals surface area (Å²) >= 11 is 0. The minimum Gasteiger partial charge on any atom is -0.504 e. The number of likely N-dealkylation sites (N-methyl/N-ethyl adjacent to an activating group) is 1. The van der Waals surface area contributed by atoms with Gasteiger partial charge in [0.25, 0.3) is 0 Å². The van der Waals surface area contributed by atoms with Gasteiger partial charge in [0.15, 0.2) is 11.5 Å². The van der Waals surface area contributed by atoms with Gasteiger partial charge in [-0.05, 0) is 51.9 Å². The van der Waals surface area contributed by atoms with E-state index in [2.05, 4.69) is 18.0 Å². The molecule has 2 heterocycles. The normalized spacial score (nSPS) is 46.4. The zero-order valence-corrected chi connectivity index (χ0v) is 13.8. The van der Waals surface area contributed by atoms with Crippen molar-refractivity contribution in [1.29, 1.82) is 0 Å². The van der Waals surface area contributed by atoms with Gasteiger partial charge >= 0.3 is 0 Å². The second-order valence-corrected chi connectivity index (χ2v) is 8.09. The number of nitrogens with zero attached hydrogens (tertiary/aromatic N) is 1. The molecule has 0 saturated carbocycles.